The summed E-state index contributed by atoms with van der Waals surface area (Å²) in [5.74, 6) is 0.906. The van der Waals surface area contributed by atoms with Crippen LogP contribution < -0.4 is 10.1 Å². The molecule has 1 N–H and O–H groups in total. The Kier molecular flexibility index (Phi) is 5.85. The van der Waals surface area contributed by atoms with E-state index in [1.54, 1.807) is 7.11 Å². The van der Waals surface area contributed by atoms with Gasteiger partial charge in [0.25, 0.3) is 0 Å². The van der Waals surface area contributed by atoms with Crippen molar-refractivity contribution in [3.05, 3.63) is 28.2 Å². The maximum Gasteiger partial charge on any atom is 0.119 e. The van der Waals surface area contributed by atoms with E-state index < -0.39 is 0 Å². The molecule has 0 aliphatic heterocycles. The van der Waals surface area contributed by atoms with Crippen LogP contribution in [-0.4, -0.2) is 13.2 Å². The average Bonchev–Trinajstić information content (AvgIpc) is 2.28. The highest BCUT2D eigenvalue weighted by molar-refractivity contribution is 9.10. The third-order valence-electron chi connectivity index (χ3n) is 2.62. The van der Waals surface area contributed by atoms with Gasteiger partial charge in [-0.25, -0.2) is 0 Å². The van der Waals surface area contributed by atoms with E-state index in [0.29, 0.717) is 6.04 Å². The predicted octanol–water partition coefficient (Wildman–Crippen LogP) is 3.74. The van der Waals surface area contributed by atoms with Crippen LogP contribution in [-0.2, 0) is 6.54 Å². The molecule has 0 radical (unpaired) electrons. The highest BCUT2D eigenvalue weighted by Gasteiger charge is 2.04. The first kappa shape index (κ1) is 13.5. The average molecular weight is 286 g/mol. The quantitative estimate of drug-likeness (QED) is 0.860. The zero-order valence-electron chi connectivity index (χ0n) is 10.2. The fraction of sp³-hybridized carbons (Fsp3) is 0.538. The van der Waals surface area contributed by atoms with Gasteiger partial charge >= 0.3 is 0 Å². The first-order valence-electron chi connectivity index (χ1n) is 5.73. The van der Waals surface area contributed by atoms with Gasteiger partial charge in [0.2, 0.25) is 0 Å². The van der Waals surface area contributed by atoms with E-state index in [9.17, 15) is 0 Å². The molecule has 16 heavy (non-hydrogen) atoms. The van der Waals surface area contributed by atoms with Crippen LogP contribution in [0.4, 0.5) is 0 Å². The lowest BCUT2D eigenvalue weighted by Crippen LogP contribution is -2.25. The summed E-state index contributed by atoms with van der Waals surface area (Å²) in [6, 6.07) is 6.61. The Labute approximate surface area is 107 Å². The molecule has 0 spiro atoms. The van der Waals surface area contributed by atoms with Crippen molar-refractivity contribution in [1.82, 2.24) is 5.32 Å². The molecule has 0 saturated heterocycles. The van der Waals surface area contributed by atoms with Crippen molar-refractivity contribution in [2.75, 3.05) is 7.11 Å². The van der Waals surface area contributed by atoms with Gasteiger partial charge in [0.05, 0.1) is 7.11 Å². The minimum Gasteiger partial charge on any atom is -0.497 e. The van der Waals surface area contributed by atoms with Gasteiger partial charge in [-0.05, 0) is 37.1 Å². The number of halogens is 1. The molecule has 2 nitrogen and oxygen atoms in total. The van der Waals surface area contributed by atoms with Crippen LogP contribution in [0.5, 0.6) is 5.75 Å². The first-order chi connectivity index (χ1) is 7.67. The van der Waals surface area contributed by atoms with Crippen molar-refractivity contribution < 1.29 is 4.74 Å². The van der Waals surface area contributed by atoms with Crippen LogP contribution in [0, 0.1) is 0 Å². The highest BCUT2D eigenvalue weighted by Crippen LogP contribution is 2.22. The molecule has 1 unspecified atom stereocenters. The second-order valence-corrected chi connectivity index (χ2v) is 4.88. The molecule has 0 fully saturated rings. The van der Waals surface area contributed by atoms with Gasteiger partial charge in [-0.3, -0.25) is 0 Å². The number of hydrogen-bond donors (Lipinski definition) is 1. The zero-order chi connectivity index (χ0) is 12.0. The molecular weight excluding hydrogens is 266 g/mol. The van der Waals surface area contributed by atoms with Gasteiger partial charge < -0.3 is 10.1 Å². The molecule has 1 aromatic carbocycles. The van der Waals surface area contributed by atoms with Crippen LogP contribution in [0.2, 0.25) is 0 Å². The van der Waals surface area contributed by atoms with E-state index in [2.05, 4.69) is 41.2 Å². The smallest absolute Gasteiger partial charge is 0.119 e. The molecule has 1 rings (SSSR count). The highest BCUT2D eigenvalue weighted by atomic mass is 79.9. The molecule has 0 saturated carbocycles. The van der Waals surface area contributed by atoms with E-state index >= 15 is 0 Å². The summed E-state index contributed by atoms with van der Waals surface area (Å²) >= 11 is 3.55. The topological polar surface area (TPSA) is 21.3 Å². The summed E-state index contributed by atoms with van der Waals surface area (Å²) in [5.41, 5.74) is 1.24. The number of benzene rings is 1. The van der Waals surface area contributed by atoms with Crippen LogP contribution in [0.1, 0.15) is 32.3 Å². The van der Waals surface area contributed by atoms with Crippen molar-refractivity contribution in [3.8, 4) is 5.75 Å². The number of nitrogens with one attached hydrogen (secondary N) is 1. The van der Waals surface area contributed by atoms with Gasteiger partial charge in [-0.2, -0.15) is 0 Å². The molecule has 1 atom stereocenters. The maximum atomic E-state index is 5.22. The Bertz CT molecular complexity index is 328. The molecule has 0 amide bonds. The SMILES string of the molecule is CCCC(C)NCc1cc(OC)ccc1Br. The number of rotatable bonds is 6. The lowest BCUT2D eigenvalue weighted by atomic mass is 10.1. The molecule has 0 aromatic heterocycles. The third kappa shape index (κ3) is 4.14. The number of methoxy groups -OCH3 is 1. The molecular formula is C13H20BrNO. The summed E-state index contributed by atoms with van der Waals surface area (Å²) in [5, 5.41) is 3.51. The Hall–Kier alpha value is -0.540. The van der Waals surface area contributed by atoms with E-state index in [1.165, 1.54) is 18.4 Å². The third-order valence-corrected chi connectivity index (χ3v) is 3.39. The van der Waals surface area contributed by atoms with Gasteiger partial charge in [0.15, 0.2) is 0 Å². The Morgan fingerprint density at radius 1 is 1.44 bits per heavy atom. The standard InChI is InChI=1S/C13H20BrNO/c1-4-5-10(2)15-9-11-8-12(16-3)6-7-13(11)14/h6-8,10,15H,4-5,9H2,1-3H3. The fourth-order valence-corrected chi connectivity index (χ4v) is 2.02. The Morgan fingerprint density at radius 2 is 2.19 bits per heavy atom. The molecule has 0 aliphatic rings. The lowest BCUT2D eigenvalue weighted by Gasteiger charge is -2.14. The molecule has 0 aliphatic carbocycles. The van der Waals surface area contributed by atoms with Gasteiger partial charge in [0.1, 0.15) is 5.75 Å². The zero-order valence-corrected chi connectivity index (χ0v) is 11.8. The number of hydrogen-bond acceptors (Lipinski definition) is 2. The summed E-state index contributed by atoms with van der Waals surface area (Å²) in [6.45, 7) is 5.30. The van der Waals surface area contributed by atoms with Crippen LogP contribution in [0.15, 0.2) is 22.7 Å². The van der Waals surface area contributed by atoms with Gasteiger partial charge in [0, 0.05) is 17.1 Å². The van der Waals surface area contributed by atoms with Crippen LogP contribution >= 0.6 is 15.9 Å². The van der Waals surface area contributed by atoms with Crippen molar-refractivity contribution in [3.63, 3.8) is 0 Å². The van der Waals surface area contributed by atoms with Gasteiger partial charge in [-0.1, -0.05) is 29.3 Å². The monoisotopic (exact) mass is 285 g/mol. The Balaban J connectivity index is 2.58. The summed E-state index contributed by atoms with van der Waals surface area (Å²) < 4.78 is 6.34. The Morgan fingerprint density at radius 3 is 2.81 bits per heavy atom. The van der Waals surface area contributed by atoms with Crippen molar-refractivity contribution in [2.24, 2.45) is 0 Å². The van der Waals surface area contributed by atoms with Crippen molar-refractivity contribution >= 4 is 15.9 Å². The lowest BCUT2D eigenvalue weighted by molar-refractivity contribution is 0.413. The minimum absolute atomic E-state index is 0.558. The van der Waals surface area contributed by atoms with Crippen molar-refractivity contribution in [2.45, 2.75) is 39.3 Å². The van der Waals surface area contributed by atoms with E-state index in [4.69, 9.17) is 4.74 Å². The van der Waals surface area contributed by atoms with Crippen LogP contribution in [0.25, 0.3) is 0 Å². The summed E-state index contributed by atoms with van der Waals surface area (Å²) in [4.78, 5) is 0. The maximum absolute atomic E-state index is 5.22. The van der Waals surface area contributed by atoms with E-state index in [1.807, 2.05) is 12.1 Å². The number of ether oxygens (including phenoxy) is 1. The molecule has 90 valence electrons. The largest absolute Gasteiger partial charge is 0.497 e. The summed E-state index contributed by atoms with van der Waals surface area (Å²) in [7, 11) is 1.69. The van der Waals surface area contributed by atoms with Crippen LogP contribution in [0.3, 0.4) is 0 Å². The normalized spacial score (nSPS) is 12.5. The first-order valence-corrected chi connectivity index (χ1v) is 6.52. The predicted molar refractivity (Wildman–Crippen MR) is 71.9 cm³/mol. The molecule has 0 heterocycles. The minimum atomic E-state index is 0.558. The molecule has 3 heteroatoms. The second-order valence-electron chi connectivity index (χ2n) is 4.03. The van der Waals surface area contributed by atoms with E-state index in [-0.39, 0.29) is 0 Å². The van der Waals surface area contributed by atoms with Crippen molar-refractivity contribution in [1.29, 1.82) is 0 Å². The summed E-state index contributed by atoms with van der Waals surface area (Å²) in [6.07, 6.45) is 2.43. The van der Waals surface area contributed by atoms with E-state index in [0.717, 1.165) is 16.8 Å². The molecule has 1 aromatic rings. The van der Waals surface area contributed by atoms with Gasteiger partial charge in [-0.15, -0.1) is 0 Å². The second kappa shape index (κ2) is 6.92. The molecule has 0 bridgehead atoms. The fourth-order valence-electron chi connectivity index (χ4n) is 1.63.